The van der Waals surface area contributed by atoms with E-state index in [1.54, 1.807) is 12.1 Å². The fourth-order valence-electron chi connectivity index (χ4n) is 4.52. The molecule has 176 valence electrons. The van der Waals surface area contributed by atoms with Gasteiger partial charge in [-0.25, -0.2) is 0 Å². The molecule has 3 aromatic rings. The number of halogens is 1. The van der Waals surface area contributed by atoms with Crippen molar-refractivity contribution in [2.75, 3.05) is 0 Å². The van der Waals surface area contributed by atoms with E-state index >= 15 is 0 Å². The van der Waals surface area contributed by atoms with Crippen molar-refractivity contribution in [3.05, 3.63) is 66.0 Å². The van der Waals surface area contributed by atoms with Gasteiger partial charge >= 0.3 is 210 Å². The fourth-order valence-corrected chi connectivity index (χ4v) is 9.92. The zero-order chi connectivity index (χ0) is 23.5. The Balaban J connectivity index is 2.02. The van der Waals surface area contributed by atoms with Crippen LogP contribution in [0.2, 0.25) is 3.43 Å². The van der Waals surface area contributed by atoms with Gasteiger partial charge in [-0.15, -0.1) is 0 Å². The quantitative estimate of drug-likeness (QED) is 0.198. The summed E-state index contributed by atoms with van der Waals surface area (Å²) in [7, 11) is 0. The van der Waals surface area contributed by atoms with Crippen LogP contribution in [-0.2, 0) is 6.54 Å². The maximum absolute atomic E-state index is 13.7. The molecule has 0 aliphatic heterocycles. The van der Waals surface area contributed by atoms with E-state index in [0.29, 0.717) is 9.98 Å². The molecule has 0 saturated heterocycles. The molecule has 5 heteroatoms. The summed E-state index contributed by atoms with van der Waals surface area (Å²) >= 11 is -1.07. The predicted octanol–water partition coefficient (Wildman–Crippen LogP) is 7.19. The van der Waals surface area contributed by atoms with E-state index in [2.05, 4.69) is 50.3 Å². The Bertz CT molecular complexity index is 931. The van der Waals surface area contributed by atoms with Gasteiger partial charge in [0.05, 0.1) is 0 Å². The van der Waals surface area contributed by atoms with E-state index in [4.69, 9.17) is 5.10 Å². The Morgan fingerprint density at radius 1 is 0.818 bits per heavy atom. The molecule has 0 unspecified atom stereocenters. The van der Waals surface area contributed by atoms with E-state index < -0.39 is 21.1 Å². The van der Waals surface area contributed by atoms with Gasteiger partial charge in [0.25, 0.3) is 0 Å². The Labute approximate surface area is 209 Å². The monoisotopic (exact) mass is 555 g/mol. The van der Waals surface area contributed by atoms with Crippen LogP contribution in [0.1, 0.15) is 84.1 Å². The molecular formula is C28H38FN3Sn. The van der Waals surface area contributed by atoms with Gasteiger partial charge in [-0.2, -0.15) is 0 Å². The fraction of sp³-hybridized carbons (Fsp3) is 0.500. The molecule has 3 rings (SSSR count). The molecule has 1 heterocycles. The number of rotatable bonds is 14. The second kappa shape index (κ2) is 13.3. The van der Waals surface area contributed by atoms with Gasteiger partial charge < -0.3 is 0 Å². The van der Waals surface area contributed by atoms with Gasteiger partial charge in [-0.05, 0) is 0 Å². The molecule has 0 aliphatic carbocycles. The van der Waals surface area contributed by atoms with Gasteiger partial charge in [0.15, 0.2) is 0 Å². The van der Waals surface area contributed by atoms with Crippen molar-refractivity contribution in [2.45, 2.75) is 88.5 Å². The van der Waals surface area contributed by atoms with Crippen molar-refractivity contribution in [3.8, 4) is 11.3 Å². The second-order valence-corrected chi connectivity index (χ2v) is 14.2. The molecule has 0 N–H and O–H groups in total. The first-order valence-electron chi connectivity index (χ1n) is 12.6. The first-order valence-corrected chi connectivity index (χ1v) is 15.5. The number of benzene rings is 2. The summed E-state index contributed by atoms with van der Waals surface area (Å²) in [4.78, 5) is 0. The van der Waals surface area contributed by atoms with Crippen LogP contribution >= 0.6 is 0 Å². The molecule has 0 aliphatic rings. The number of hydrogen-bond acceptors (Lipinski definition) is 2. The van der Waals surface area contributed by atoms with Crippen LogP contribution in [0.5, 0.6) is 0 Å². The van der Waals surface area contributed by atoms with Crippen LogP contribution in [0.25, 0.3) is 11.3 Å². The van der Waals surface area contributed by atoms with Crippen LogP contribution in [0, 0.1) is 5.82 Å². The first kappa shape index (κ1) is 25.9. The number of hydrogen-bond donors (Lipinski definition) is 0. The van der Waals surface area contributed by atoms with Crippen molar-refractivity contribution in [3.63, 3.8) is 0 Å². The summed E-state index contributed by atoms with van der Waals surface area (Å²) in [6.45, 7) is 7.59. The van der Waals surface area contributed by atoms with Crippen LogP contribution in [-0.4, -0.2) is 36.1 Å². The summed E-state index contributed by atoms with van der Waals surface area (Å²) in [5.74, 6) is -0.203. The average Bonchev–Trinajstić information content (AvgIpc) is 3.22. The first-order chi connectivity index (χ1) is 16.1. The summed E-state index contributed by atoms with van der Waals surface area (Å²) in [5, 5.41) is 9.47. The minimum absolute atomic E-state index is 0.203. The van der Waals surface area contributed by atoms with Gasteiger partial charge in [-0.1, -0.05) is 0 Å². The Kier molecular flexibility index (Phi) is 10.4. The van der Waals surface area contributed by atoms with Gasteiger partial charge in [0.1, 0.15) is 0 Å². The maximum atomic E-state index is 13.7. The summed E-state index contributed by atoms with van der Waals surface area (Å²) in [6, 6.07) is 17.3. The zero-order valence-electron chi connectivity index (χ0n) is 20.5. The SMILES string of the molecule is CCCC[C](CCCC)(CCCC)[Sn][c]1nnn(Cc2ccccc2)c1-c1ccc(F)cc1. The molecular weight excluding hydrogens is 516 g/mol. The molecule has 2 aromatic carbocycles. The van der Waals surface area contributed by atoms with Crippen LogP contribution in [0.4, 0.5) is 4.39 Å². The predicted molar refractivity (Wildman–Crippen MR) is 138 cm³/mol. The molecule has 0 amide bonds. The van der Waals surface area contributed by atoms with Crippen LogP contribution in [0.15, 0.2) is 54.6 Å². The molecule has 0 spiro atoms. The van der Waals surface area contributed by atoms with E-state index in [-0.39, 0.29) is 5.82 Å². The molecule has 0 bridgehead atoms. The third kappa shape index (κ3) is 7.40. The summed E-state index contributed by atoms with van der Waals surface area (Å²) < 4.78 is 17.4. The third-order valence-corrected chi connectivity index (χ3v) is 11.7. The molecule has 1 aromatic heterocycles. The van der Waals surface area contributed by atoms with Crippen molar-refractivity contribution < 1.29 is 4.39 Å². The van der Waals surface area contributed by atoms with Crippen molar-refractivity contribution in [1.29, 1.82) is 0 Å². The van der Waals surface area contributed by atoms with Gasteiger partial charge in [0, 0.05) is 0 Å². The van der Waals surface area contributed by atoms with E-state index in [1.165, 1.54) is 67.1 Å². The molecule has 0 fully saturated rings. The third-order valence-electron chi connectivity index (χ3n) is 6.44. The van der Waals surface area contributed by atoms with E-state index in [9.17, 15) is 4.39 Å². The van der Waals surface area contributed by atoms with Crippen LogP contribution in [0.3, 0.4) is 0 Å². The van der Waals surface area contributed by atoms with Crippen molar-refractivity contribution in [1.82, 2.24) is 15.0 Å². The number of unbranched alkanes of at least 4 members (excludes halogenated alkanes) is 3. The van der Waals surface area contributed by atoms with E-state index in [1.807, 2.05) is 22.9 Å². The molecule has 33 heavy (non-hydrogen) atoms. The van der Waals surface area contributed by atoms with Crippen LogP contribution < -0.4 is 3.71 Å². The number of aromatic nitrogens is 3. The van der Waals surface area contributed by atoms with Crippen molar-refractivity contribution >= 4 is 24.9 Å². The van der Waals surface area contributed by atoms with Crippen molar-refractivity contribution in [2.24, 2.45) is 0 Å². The Morgan fingerprint density at radius 2 is 1.39 bits per heavy atom. The summed E-state index contributed by atoms with van der Waals surface area (Å²) in [6.07, 6.45) is 11.5. The molecule has 0 atom stereocenters. The zero-order valence-corrected chi connectivity index (χ0v) is 23.3. The second-order valence-electron chi connectivity index (χ2n) is 9.15. The Morgan fingerprint density at radius 3 is 1.94 bits per heavy atom. The van der Waals surface area contributed by atoms with Gasteiger partial charge in [0.2, 0.25) is 0 Å². The molecule has 2 radical (unpaired) electrons. The minimum atomic E-state index is -1.07. The Hall–Kier alpha value is -1.69. The molecule has 3 nitrogen and oxygen atoms in total. The normalized spacial score (nSPS) is 11.8. The van der Waals surface area contributed by atoms with Gasteiger partial charge in [-0.3, -0.25) is 0 Å². The van der Waals surface area contributed by atoms with E-state index in [0.717, 1.165) is 11.3 Å². The standard InChI is InChI=1S/C15H11FN3.C13H27.Sn/c16-14-8-6-13(7-9-14)15-10-17-18-19(15)11-12-4-2-1-3-5-12;1-4-7-10-13(11-8-5-2)12-9-6-3;/h1-9H,11H2;4-12H2,1-3H3;. The number of nitrogens with zero attached hydrogens (tertiary/aromatic N) is 3. The summed E-state index contributed by atoms with van der Waals surface area (Å²) in [5.41, 5.74) is 3.35. The average molecular weight is 554 g/mol. The molecule has 0 saturated carbocycles. The topological polar surface area (TPSA) is 30.7 Å².